The van der Waals surface area contributed by atoms with Crippen LogP contribution < -0.4 is 9.47 Å². The quantitative estimate of drug-likeness (QED) is 0.726. The van der Waals surface area contributed by atoms with Crippen LogP contribution in [0.2, 0.25) is 0 Å². The zero-order chi connectivity index (χ0) is 11.4. The number of hydrogen-bond donors (Lipinski definition) is 0. The van der Waals surface area contributed by atoms with E-state index in [2.05, 4.69) is 12.6 Å². The summed E-state index contributed by atoms with van der Waals surface area (Å²) >= 11 is 0. The summed E-state index contributed by atoms with van der Waals surface area (Å²) in [5.74, 6) is 1.69. The van der Waals surface area contributed by atoms with Crippen molar-refractivity contribution in [1.82, 2.24) is 0 Å². The van der Waals surface area contributed by atoms with Crippen molar-refractivity contribution in [3.63, 3.8) is 0 Å². The third-order valence-electron chi connectivity index (χ3n) is 2.41. The van der Waals surface area contributed by atoms with Gasteiger partial charge in [-0.15, -0.1) is 0 Å². The molecule has 2 aromatic carbocycles. The van der Waals surface area contributed by atoms with E-state index in [1.807, 2.05) is 30.3 Å². The van der Waals surface area contributed by atoms with Crippen molar-refractivity contribution in [2.75, 3.05) is 13.7 Å². The topological polar surface area (TPSA) is 18.5 Å². The highest BCUT2D eigenvalue weighted by atomic mass is 16.5. The fourth-order valence-electron chi connectivity index (χ4n) is 1.62. The van der Waals surface area contributed by atoms with Crippen LogP contribution in [0.5, 0.6) is 11.5 Å². The number of hydrogen-bond acceptors (Lipinski definition) is 2. The van der Waals surface area contributed by atoms with E-state index in [1.165, 1.54) is 0 Å². The lowest BCUT2D eigenvalue weighted by molar-refractivity contribution is 0.367. The van der Waals surface area contributed by atoms with Gasteiger partial charge in [-0.25, -0.2) is 0 Å². The molecular formula is C14H14O2. The molecule has 0 spiro atoms. The molecule has 0 heterocycles. The Labute approximate surface area is 95.1 Å². The maximum absolute atomic E-state index is 5.59. The molecule has 0 aliphatic heterocycles. The summed E-state index contributed by atoms with van der Waals surface area (Å²) in [5, 5.41) is 2.20. The van der Waals surface area contributed by atoms with Gasteiger partial charge in [0, 0.05) is 5.39 Å². The van der Waals surface area contributed by atoms with Crippen LogP contribution in [-0.4, -0.2) is 13.7 Å². The van der Waals surface area contributed by atoms with Gasteiger partial charge < -0.3 is 9.47 Å². The Hall–Kier alpha value is -1.96. The lowest BCUT2D eigenvalue weighted by atomic mass is 10.1. The van der Waals surface area contributed by atoms with Gasteiger partial charge in [0.25, 0.3) is 0 Å². The molecule has 0 aliphatic rings. The Balaban J connectivity index is 2.50. The molecular weight excluding hydrogens is 200 g/mol. The first kappa shape index (κ1) is 10.6. The number of fused-ring (bicyclic) bond motifs is 1. The zero-order valence-corrected chi connectivity index (χ0v) is 9.27. The average Bonchev–Trinajstić information content (AvgIpc) is 2.35. The molecule has 16 heavy (non-hydrogen) atoms. The van der Waals surface area contributed by atoms with Crippen LogP contribution in [0.3, 0.4) is 0 Å². The van der Waals surface area contributed by atoms with Gasteiger partial charge >= 0.3 is 0 Å². The minimum atomic E-state index is 0.510. The molecule has 0 saturated carbocycles. The summed E-state index contributed by atoms with van der Waals surface area (Å²) in [6, 6.07) is 11.9. The molecule has 2 rings (SSSR count). The second-order valence-corrected chi connectivity index (χ2v) is 3.44. The van der Waals surface area contributed by atoms with Gasteiger partial charge in [0.15, 0.2) is 0 Å². The number of rotatable bonds is 4. The second-order valence-electron chi connectivity index (χ2n) is 3.44. The van der Waals surface area contributed by atoms with Crippen LogP contribution >= 0.6 is 0 Å². The molecule has 2 aromatic rings. The van der Waals surface area contributed by atoms with Crippen molar-refractivity contribution in [2.24, 2.45) is 0 Å². The van der Waals surface area contributed by atoms with Crippen LogP contribution in [0.4, 0.5) is 0 Å². The molecule has 0 N–H and O–H groups in total. The Morgan fingerprint density at radius 1 is 1.25 bits per heavy atom. The molecule has 0 bridgehead atoms. The van der Waals surface area contributed by atoms with Gasteiger partial charge in [-0.1, -0.05) is 30.9 Å². The van der Waals surface area contributed by atoms with E-state index in [4.69, 9.17) is 9.47 Å². The molecule has 0 radical (unpaired) electrons. The highest BCUT2D eigenvalue weighted by Crippen LogP contribution is 2.28. The molecule has 0 aliphatic carbocycles. The van der Waals surface area contributed by atoms with Crippen molar-refractivity contribution in [3.8, 4) is 11.5 Å². The summed E-state index contributed by atoms with van der Waals surface area (Å²) in [4.78, 5) is 0. The molecule has 0 amide bonds. The monoisotopic (exact) mass is 214 g/mol. The third-order valence-corrected chi connectivity index (χ3v) is 2.41. The number of methoxy groups -OCH3 is 1. The van der Waals surface area contributed by atoms with E-state index >= 15 is 0 Å². The minimum absolute atomic E-state index is 0.510. The van der Waals surface area contributed by atoms with Crippen molar-refractivity contribution >= 4 is 10.8 Å². The van der Waals surface area contributed by atoms with Gasteiger partial charge in [-0.2, -0.15) is 0 Å². The molecule has 82 valence electrons. The highest BCUT2D eigenvalue weighted by molar-refractivity contribution is 5.89. The van der Waals surface area contributed by atoms with Crippen molar-refractivity contribution in [2.45, 2.75) is 0 Å². The fourth-order valence-corrected chi connectivity index (χ4v) is 1.62. The van der Waals surface area contributed by atoms with Crippen LogP contribution in [0.25, 0.3) is 10.8 Å². The second kappa shape index (κ2) is 4.71. The maximum Gasteiger partial charge on any atom is 0.127 e. The largest absolute Gasteiger partial charge is 0.497 e. The average molecular weight is 214 g/mol. The van der Waals surface area contributed by atoms with Gasteiger partial charge in [0.05, 0.1) is 7.11 Å². The van der Waals surface area contributed by atoms with E-state index in [9.17, 15) is 0 Å². The van der Waals surface area contributed by atoms with Crippen LogP contribution in [0, 0.1) is 0 Å². The first-order chi connectivity index (χ1) is 7.85. The lowest BCUT2D eigenvalue weighted by Crippen LogP contribution is -1.93. The predicted molar refractivity (Wildman–Crippen MR) is 66.2 cm³/mol. The van der Waals surface area contributed by atoms with Crippen LogP contribution in [0.1, 0.15) is 0 Å². The predicted octanol–water partition coefficient (Wildman–Crippen LogP) is 3.41. The maximum atomic E-state index is 5.59. The number of benzene rings is 2. The van der Waals surface area contributed by atoms with Gasteiger partial charge in [0.2, 0.25) is 0 Å². The van der Waals surface area contributed by atoms with Crippen LogP contribution in [-0.2, 0) is 0 Å². The highest BCUT2D eigenvalue weighted by Gasteiger charge is 2.02. The minimum Gasteiger partial charge on any atom is -0.497 e. The van der Waals surface area contributed by atoms with E-state index < -0.39 is 0 Å². The van der Waals surface area contributed by atoms with Crippen molar-refractivity contribution in [1.29, 1.82) is 0 Å². The SMILES string of the molecule is C=CCOc1cccc2ccc(OC)cc12. The third kappa shape index (κ3) is 2.01. The molecule has 2 nitrogen and oxygen atoms in total. The normalized spacial score (nSPS) is 10.1. The molecule has 0 aromatic heterocycles. The van der Waals surface area contributed by atoms with Gasteiger partial charge in [-0.3, -0.25) is 0 Å². The number of ether oxygens (including phenoxy) is 2. The Morgan fingerprint density at radius 2 is 2.12 bits per heavy atom. The Bertz CT molecular complexity index is 503. The Morgan fingerprint density at radius 3 is 2.88 bits per heavy atom. The first-order valence-corrected chi connectivity index (χ1v) is 5.15. The van der Waals surface area contributed by atoms with E-state index in [-0.39, 0.29) is 0 Å². The summed E-state index contributed by atoms with van der Waals surface area (Å²) in [6.45, 7) is 4.15. The molecule has 0 saturated heterocycles. The van der Waals surface area contributed by atoms with E-state index in [0.717, 1.165) is 22.3 Å². The van der Waals surface area contributed by atoms with Crippen molar-refractivity contribution < 1.29 is 9.47 Å². The standard InChI is InChI=1S/C14H14O2/c1-3-9-16-14-6-4-5-11-7-8-12(15-2)10-13(11)14/h3-8,10H,1,9H2,2H3. The molecule has 0 atom stereocenters. The summed E-state index contributed by atoms with van der Waals surface area (Å²) < 4.78 is 10.8. The smallest absolute Gasteiger partial charge is 0.127 e. The zero-order valence-electron chi connectivity index (χ0n) is 9.27. The van der Waals surface area contributed by atoms with Gasteiger partial charge in [-0.05, 0) is 23.6 Å². The van der Waals surface area contributed by atoms with Crippen LogP contribution in [0.15, 0.2) is 49.1 Å². The van der Waals surface area contributed by atoms with Gasteiger partial charge in [0.1, 0.15) is 18.1 Å². The van der Waals surface area contributed by atoms with E-state index in [1.54, 1.807) is 13.2 Å². The van der Waals surface area contributed by atoms with E-state index in [0.29, 0.717) is 6.61 Å². The summed E-state index contributed by atoms with van der Waals surface area (Å²) in [6.07, 6.45) is 1.74. The summed E-state index contributed by atoms with van der Waals surface area (Å²) in [7, 11) is 1.66. The molecule has 0 fully saturated rings. The first-order valence-electron chi connectivity index (χ1n) is 5.15. The Kier molecular flexibility index (Phi) is 3.10. The molecule has 0 unspecified atom stereocenters. The van der Waals surface area contributed by atoms with Crippen molar-refractivity contribution in [3.05, 3.63) is 49.1 Å². The fraction of sp³-hybridized carbons (Fsp3) is 0.143. The summed E-state index contributed by atoms with van der Waals surface area (Å²) in [5.41, 5.74) is 0. The molecule has 2 heteroatoms. The lowest BCUT2D eigenvalue weighted by Gasteiger charge is -2.08.